The van der Waals surface area contributed by atoms with Gasteiger partial charge in [-0.3, -0.25) is 9.78 Å². The smallest absolute Gasteiger partial charge is 0.219 e. The number of pyridine rings is 1. The molecular weight excluding hydrogens is 342 g/mol. The zero-order chi connectivity index (χ0) is 19.4. The zero-order valence-corrected chi connectivity index (χ0v) is 16.5. The number of likely N-dealkylation sites (N-methyl/N-ethyl adjacent to an activating group) is 1. The SMILES string of the molecule is CCOC(C)CN(C)c1nc(-c2cccnc2)nc2c1CCN(C(C)=O)C2. The van der Waals surface area contributed by atoms with Crippen molar-refractivity contribution >= 4 is 11.7 Å². The van der Waals surface area contributed by atoms with Crippen molar-refractivity contribution < 1.29 is 9.53 Å². The van der Waals surface area contributed by atoms with Crippen LogP contribution in [0, 0.1) is 0 Å². The molecule has 144 valence electrons. The summed E-state index contributed by atoms with van der Waals surface area (Å²) in [5.74, 6) is 1.62. The Morgan fingerprint density at radius 2 is 2.22 bits per heavy atom. The van der Waals surface area contributed by atoms with Crippen LogP contribution >= 0.6 is 0 Å². The Morgan fingerprint density at radius 3 is 2.89 bits per heavy atom. The molecule has 3 heterocycles. The summed E-state index contributed by atoms with van der Waals surface area (Å²) in [6.07, 6.45) is 4.35. The minimum Gasteiger partial charge on any atom is -0.377 e. The van der Waals surface area contributed by atoms with Crippen LogP contribution in [0.15, 0.2) is 24.5 Å². The fourth-order valence-electron chi connectivity index (χ4n) is 3.43. The lowest BCUT2D eigenvalue weighted by Crippen LogP contribution is -2.37. The minimum atomic E-state index is 0.0714. The molecule has 2 aromatic rings. The molecule has 7 nitrogen and oxygen atoms in total. The van der Waals surface area contributed by atoms with Crippen LogP contribution in [-0.2, 0) is 22.5 Å². The van der Waals surface area contributed by atoms with Gasteiger partial charge in [0.2, 0.25) is 5.91 Å². The van der Waals surface area contributed by atoms with Crippen molar-refractivity contribution in [2.75, 3.05) is 31.6 Å². The summed E-state index contributed by atoms with van der Waals surface area (Å²) >= 11 is 0. The molecule has 0 radical (unpaired) electrons. The van der Waals surface area contributed by atoms with E-state index >= 15 is 0 Å². The van der Waals surface area contributed by atoms with E-state index in [2.05, 4.69) is 16.8 Å². The Balaban J connectivity index is 2.00. The lowest BCUT2D eigenvalue weighted by Gasteiger charge is -2.31. The molecule has 0 spiro atoms. The van der Waals surface area contributed by atoms with Gasteiger partial charge in [0, 0.05) is 57.2 Å². The van der Waals surface area contributed by atoms with Gasteiger partial charge in [0.05, 0.1) is 18.3 Å². The van der Waals surface area contributed by atoms with E-state index in [0.29, 0.717) is 25.5 Å². The first-order valence-electron chi connectivity index (χ1n) is 9.38. The molecule has 1 atom stereocenters. The summed E-state index contributed by atoms with van der Waals surface area (Å²) in [5, 5.41) is 0. The number of hydrogen-bond donors (Lipinski definition) is 0. The molecule has 0 aromatic carbocycles. The number of carbonyl (C=O) groups excluding carboxylic acids is 1. The minimum absolute atomic E-state index is 0.0714. The molecule has 0 aliphatic carbocycles. The number of carbonyl (C=O) groups is 1. The number of aromatic nitrogens is 3. The second-order valence-electron chi connectivity index (χ2n) is 6.87. The number of ether oxygens (including phenoxy) is 1. The average Bonchev–Trinajstić information content (AvgIpc) is 2.67. The first-order valence-corrected chi connectivity index (χ1v) is 9.38. The van der Waals surface area contributed by atoms with E-state index in [1.807, 2.05) is 31.0 Å². The van der Waals surface area contributed by atoms with Crippen molar-refractivity contribution in [3.63, 3.8) is 0 Å². The van der Waals surface area contributed by atoms with Crippen LogP contribution in [0.5, 0.6) is 0 Å². The quantitative estimate of drug-likeness (QED) is 0.778. The Labute approximate surface area is 160 Å². The molecule has 1 unspecified atom stereocenters. The number of amides is 1. The van der Waals surface area contributed by atoms with E-state index in [1.54, 1.807) is 19.3 Å². The summed E-state index contributed by atoms with van der Waals surface area (Å²) in [5.41, 5.74) is 2.90. The van der Waals surface area contributed by atoms with Crippen LogP contribution in [-0.4, -0.2) is 58.6 Å². The summed E-state index contributed by atoms with van der Waals surface area (Å²) in [4.78, 5) is 29.6. The van der Waals surface area contributed by atoms with Crippen molar-refractivity contribution in [3.05, 3.63) is 35.8 Å². The summed E-state index contributed by atoms with van der Waals surface area (Å²) < 4.78 is 5.69. The highest BCUT2D eigenvalue weighted by Crippen LogP contribution is 2.29. The molecule has 0 saturated carbocycles. The molecule has 1 aliphatic heterocycles. The van der Waals surface area contributed by atoms with Crippen LogP contribution in [0.3, 0.4) is 0 Å². The van der Waals surface area contributed by atoms with E-state index in [-0.39, 0.29) is 12.0 Å². The van der Waals surface area contributed by atoms with Gasteiger partial charge >= 0.3 is 0 Å². The molecular formula is C20H27N5O2. The molecule has 3 rings (SSSR count). The van der Waals surface area contributed by atoms with Crippen LogP contribution in [0.4, 0.5) is 5.82 Å². The predicted octanol–water partition coefficient (Wildman–Crippen LogP) is 2.30. The number of anilines is 1. The third-order valence-corrected chi connectivity index (χ3v) is 4.75. The molecule has 0 bridgehead atoms. The van der Waals surface area contributed by atoms with Crippen LogP contribution in [0.2, 0.25) is 0 Å². The molecule has 1 aliphatic rings. The molecule has 0 fully saturated rings. The molecule has 7 heteroatoms. The zero-order valence-electron chi connectivity index (χ0n) is 16.5. The van der Waals surface area contributed by atoms with E-state index < -0.39 is 0 Å². The lowest BCUT2D eigenvalue weighted by atomic mass is 10.0. The number of nitrogens with zero attached hydrogens (tertiary/aromatic N) is 5. The van der Waals surface area contributed by atoms with Gasteiger partial charge in [-0.05, 0) is 32.4 Å². The Morgan fingerprint density at radius 1 is 1.41 bits per heavy atom. The second kappa shape index (κ2) is 8.43. The summed E-state index contributed by atoms with van der Waals surface area (Å²) in [6, 6.07) is 3.83. The van der Waals surface area contributed by atoms with Crippen molar-refractivity contribution in [3.8, 4) is 11.4 Å². The summed E-state index contributed by atoms with van der Waals surface area (Å²) in [6.45, 7) is 8.30. The van der Waals surface area contributed by atoms with Crippen molar-refractivity contribution in [1.29, 1.82) is 0 Å². The maximum Gasteiger partial charge on any atom is 0.219 e. The highest BCUT2D eigenvalue weighted by atomic mass is 16.5. The third-order valence-electron chi connectivity index (χ3n) is 4.75. The molecule has 2 aromatic heterocycles. The van der Waals surface area contributed by atoms with Gasteiger partial charge in [0.15, 0.2) is 5.82 Å². The van der Waals surface area contributed by atoms with E-state index in [0.717, 1.165) is 35.6 Å². The Bertz CT molecular complexity index is 796. The van der Waals surface area contributed by atoms with Gasteiger partial charge in [-0.25, -0.2) is 9.97 Å². The topological polar surface area (TPSA) is 71.5 Å². The van der Waals surface area contributed by atoms with Gasteiger partial charge in [0.1, 0.15) is 5.82 Å². The molecule has 27 heavy (non-hydrogen) atoms. The third kappa shape index (κ3) is 4.42. The molecule has 0 saturated heterocycles. The summed E-state index contributed by atoms with van der Waals surface area (Å²) in [7, 11) is 2.03. The van der Waals surface area contributed by atoms with E-state index in [1.165, 1.54) is 0 Å². The maximum atomic E-state index is 11.8. The normalized spacial score (nSPS) is 14.6. The largest absolute Gasteiger partial charge is 0.377 e. The first-order chi connectivity index (χ1) is 13.0. The second-order valence-corrected chi connectivity index (χ2v) is 6.87. The average molecular weight is 369 g/mol. The van der Waals surface area contributed by atoms with E-state index in [9.17, 15) is 4.79 Å². The van der Waals surface area contributed by atoms with Crippen molar-refractivity contribution in [2.24, 2.45) is 0 Å². The van der Waals surface area contributed by atoms with Gasteiger partial charge < -0.3 is 14.5 Å². The van der Waals surface area contributed by atoms with Crippen molar-refractivity contribution in [2.45, 2.75) is 39.8 Å². The van der Waals surface area contributed by atoms with Gasteiger partial charge in [-0.2, -0.15) is 0 Å². The number of hydrogen-bond acceptors (Lipinski definition) is 6. The Hall–Kier alpha value is -2.54. The van der Waals surface area contributed by atoms with Gasteiger partial charge in [-0.1, -0.05) is 0 Å². The highest BCUT2D eigenvalue weighted by Gasteiger charge is 2.26. The highest BCUT2D eigenvalue weighted by molar-refractivity contribution is 5.74. The lowest BCUT2D eigenvalue weighted by molar-refractivity contribution is -0.129. The maximum absolute atomic E-state index is 11.8. The molecule has 0 N–H and O–H groups in total. The van der Waals surface area contributed by atoms with Crippen molar-refractivity contribution in [1.82, 2.24) is 19.9 Å². The monoisotopic (exact) mass is 369 g/mol. The van der Waals surface area contributed by atoms with Crippen LogP contribution in [0.25, 0.3) is 11.4 Å². The fourth-order valence-corrected chi connectivity index (χ4v) is 3.43. The predicted molar refractivity (Wildman–Crippen MR) is 104 cm³/mol. The first kappa shape index (κ1) is 19.2. The van der Waals surface area contributed by atoms with Crippen LogP contribution in [0.1, 0.15) is 32.0 Å². The van der Waals surface area contributed by atoms with Crippen LogP contribution < -0.4 is 4.90 Å². The van der Waals surface area contributed by atoms with E-state index in [4.69, 9.17) is 14.7 Å². The van der Waals surface area contributed by atoms with Gasteiger partial charge in [-0.15, -0.1) is 0 Å². The Kier molecular flexibility index (Phi) is 6.01. The number of rotatable bonds is 6. The number of fused-ring (bicyclic) bond motifs is 1. The fraction of sp³-hybridized carbons (Fsp3) is 0.500. The molecule has 1 amide bonds. The standard InChI is InChI=1S/C20H27N5O2/c1-5-27-14(2)12-24(4)20-17-8-10-25(15(3)26)13-18(17)22-19(23-20)16-7-6-9-21-11-16/h6-7,9,11,14H,5,8,10,12-13H2,1-4H3. The van der Waals surface area contributed by atoms with Gasteiger partial charge in [0.25, 0.3) is 0 Å².